The lowest BCUT2D eigenvalue weighted by Gasteiger charge is -2.28. The molecule has 2 N–H and O–H groups in total. The van der Waals surface area contributed by atoms with Crippen LogP contribution in [0.15, 0.2) is 41.6 Å². The van der Waals surface area contributed by atoms with Crippen molar-refractivity contribution in [3.8, 4) is 6.01 Å². The Kier molecular flexibility index (Phi) is 4.65. The van der Waals surface area contributed by atoms with E-state index in [1.807, 2.05) is 0 Å². The second-order valence-electron chi connectivity index (χ2n) is 5.54. The molecule has 0 saturated heterocycles. The summed E-state index contributed by atoms with van der Waals surface area (Å²) in [4.78, 5) is 34.0. The van der Waals surface area contributed by atoms with Gasteiger partial charge in [0.05, 0.1) is 0 Å². The minimum Gasteiger partial charge on any atom is -0.460 e. The number of nitrogens with zero attached hydrogens (tertiary/aromatic N) is 2. The lowest BCUT2D eigenvalue weighted by atomic mass is 9.93. The molecule has 2 heterocycles. The van der Waals surface area contributed by atoms with Crippen LogP contribution < -0.4 is 15.6 Å². The highest BCUT2D eigenvalue weighted by Crippen LogP contribution is 2.22. The molecule has 1 amide bonds. The van der Waals surface area contributed by atoms with Gasteiger partial charge in [0, 0.05) is 36.3 Å². The Hall–Kier alpha value is -2.70. The normalized spacial score (nSPS) is 20.7. The summed E-state index contributed by atoms with van der Waals surface area (Å²) in [6.45, 7) is 0. The van der Waals surface area contributed by atoms with E-state index in [1.165, 1.54) is 12.3 Å². The van der Waals surface area contributed by atoms with Crippen LogP contribution in [-0.4, -0.2) is 33.0 Å². The molecule has 1 aliphatic carbocycles. The number of hydrogen-bond donors (Lipinski definition) is 2. The van der Waals surface area contributed by atoms with Gasteiger partial charge < -0.3 is 15.0 Å². The van der Waals surface area contributed by atoms with Gasteiger partial charge in [-0.05, 0) is 37.8 Å². The molecule has 7 nitrogen and oxygen atoms in total. The maximum atomic E-state index is 12.1. The second-order valence-corrected chi connectivity index (χ2v) is 5.54. The van der Waals surface area contributed by atoms with Crippen LogP contribution in [0, 0.1) is 0 Å². The Bertz CT molecular complexity index is 709. The summed E-state index contributed by atoms with van der Waals surface area (Å²) in [5.41, 5.74) is 0.0995. The maximum absolute atomic E-state index is 12.1. The van der Waals surface area contributed by atoms with Gasteiger partial charge in [-0.25, -0.2) is 9.97 Å². The number of carbonyl (C=O) groups is 1. The van der Waals surface area contributed by atoms with Gasteiger partial charge in [-0.2, -0.15) is 0 Å². The summed E-state index contributed by atoms with van der Waals surface area (Å²) in [5.74, 6) is -0.216. The smallest absolute Gasteiger partial charge is 0.316 e. The zero-order valence-electron chi connectivity index (χ0n) is 12.6. The molecule has 0 bridgehead atoms. The predicted octanol–water partition coefficient (Wildman–Crippen LogP) is 1.28. The van der Waals surface area contributed by atoms with Gasteiger partial charge in [-0.1, -0.05) is 0 Å². The summed E-state index contributed by atoms with van der Waals surface area (Å²) in [7, 11) is 0. The average Bonchev–Trinajstić information content (AvgIpc) is 2.57. The van der Waals surface area contributed by atoms with Crippen LogP contribution in [0.4, 0.5) is 0 Å². The molecular formula is C16H18N4O3. The first-order valence-corrected chi connectivity index (χ1v) is 7.64. The van der Waals surface area contributed by atoms with E-state index in [0.717, 1.165) is 25.7 Å². The first kappa shape index (κ1) is 15.2. The van der Waals surface area contributed by atoms with Crippen molar-refractivity contribution in [3.63, 3.8) is 0 Å². The summed E-state index contributed by atoms with van der Waals surface area (Å²) in [5, 5.41) is 2.97. The van der Waals surface area contributed by atoms with Crippen molar-refractivity contribution in [2.24, 2.45) is 0 Å². The van der Waals surface area contributed by atoms with Crippen molar-refractivity contribution in [1.82, 2.24) is 20.3 Å². The molecule has 1 fully saturated rings. The maximum Gasteiger partial charge on any atom is 0.316 e. The lowest BCUT2D eigenvalue weighted by Crippen LogP contribution is -2.40. The Labute approximate surface area is 133 Å². The van der Waals surface area contributed by atoms with Crippen molar-refractivity contribution in [2.45, 2.75) is 37.8 Å². The molecule has 7 heteroatoms. The van der Waals surface area contributed by atoms with Crippen molar-refractivity contribution < 1.29 is 9.53 Å². The number of ether oxygens (including phenoxy) is 1. The Balaban J connectivity index is 1.49. The second kappa shape index (κ2) is 7.04. The fourth-order valence-electron chi connectivity index (χ4n) is 2.67. The largest absolute Gasteiger partial charge is 0.460 e. The van der Waals surface area contributed by atoms with Crippen LogP contribution in [0.2, 0.25) is 0 Å². The van der Waals surface area contributed by atoms with Crippen molar-refractivity contribution in [1.29, 1.82) is 0 Å². The third-order valence-corrected chi connectivity index (χ3v) is 3.86. The quantitative estimate of drug-likeness (QED) is 0.886. The molecule has 3 rings (SSSR count). The van der Waals surface area contributed by atoms with Gasteiger partial charge in [-0.15, -0.1) is 0 Å². The molecule has 120 valence electrons. The number of aromatic amines is 1. The summed E-state index contributed by atoms with van der Waals surface area (Å²) < 4.78 is 5.73. The number of aromatic nitrogens is 3. The molecule has 0 radical (unpaired) electrons. The molecule has 1 aliphatic rings. The molecule has 0 aromatic carbocycles. The molecular weight excluding hydrogens is 296 g/mol. The zero-order valence-corrected chi connectivity index (χ0v) is 12.6. The topological polar surface area (TPSA) is 97.0 Å². The number of rotatable bonds is 4. The van der Waals surface area contributed by atoms with Crippen LogP contribution in [-0.2, 0) is 0 Å². The lowest BCUT2D eigenvalue weighted by molar-refractivity contribution is 0.0885. The van der Waals surface area contributed by atoms with E-state index in [4.69, 9.17) is 4.74 Å². The first-order chi connectivity index (χ1) is 11.2. The van der Waals surface area contributed by atoms with Crippen molar-refractivity contribution in [3.05, 3.63) is 52.7 Å². The minimum absolute atomic E-state index is 0.0742. The number of pyridine rings is 1. The molecule has 0 atom stereocenters. The first-order valence-electron chi connectivity index (χ1n) is 7.64. The predicted molar refractivity (Wildman–Crippen MR) is 83.2 cm³/mol. The van der Waals surface area contributed by atoms with Crippen LogP contribution >= 0.6 is 0 Å². The number of amides is 1. The fourth-order valence-corrected chi connectivity index (χ4v) is 2.67. The van der Waals surface area contributed by atoms with Gasteiger partial charge in [0.2, 0.25) is 5.56 Å². The van der Waals surface area contributed by atoms with E-state index in [-0.39, 0.29) is 23.6 Å². The Morgan fingerprint density at radius 3 is 2.65 bits per heavy atom. The number of carbonyl (C=O) groups excluding carboxylic acids is 1. The highest BCUT2D eigenvalue weighted by Gasteiger charge is 2.24. The molecule has 1 saturated carbocycles. The van der Waals surface area contributed by atoms with Crippen molar-refractivity contribution in [2.75, 3.05) is 0 Å². The standard InChI is InChI=1S/C16H18N4O3/c21-14-10-11(6-9-17-14)15(22)20-12-2-4-13(5-3-12)23-16-18-7-1-8-19-16/h1,6-10,12-13H,2-5H2,(H,17,21)(H,20,22). The van der Waals surface area contributed by atoms with Gasteiger partial charge in [0.25, 0.3) is 5.91 Å². The Morgan fingerprint density at radius 2 is 1.96 bits per heavy atom. The molecule has 2 aromatic rings. The van der Waals surface area contributed by atoms with Gasteiger partial charge >= 0.3 is 6.01 Å². The van der Waals surface area contributed by atoms with E-state index < -0.39 is 0 Å². The SMILES string of the molecule is O=C(NC1CCC(Oc2ncccn2)CC1)c1cc[nH]c(=O)c1. The van der Waals surface area contributed by atoms with Gasteiger partial charge in [0.1, 0.15) is 6.10 Å². The summed E-state index contributed by atoms with van der Waals surface area (Å²) in [6, 6.07) is 5.13. The molecule has 0 unspecified atom stereocenters. The van der Waals surface area contributed by atoms with Crippen LogP contribution in [0.1, 0.15) is 36.0 Å². The van der Waals surface area contributed by atoms with Gasteiger partial charge in [0.15, 0.2) is 0 Å². The minimum atomic E-state index is -0.280. The van der Waals surface area contributed by atoms with Crippen molar-refractivity contribution >= 4 is 5.91 Å². The number of hydrogen-bond acceptors (Lipinski definition) is 5. The Morgan fingerprint density at radius 1 is 1.22 bits per heavy atom. The average molecular weight is 314 g/mol. The summed E-state index contributed by atoms with van der Waals surface area (Å²) in [6.07, 6.45) is 8.16. The van der Waals surface area contributed by atoms with Crippen LogP contribution in [0.3, 0.4) is 0 Å². The van der Waals surface area contributed by atoms with Crippen LogP contribution in [0.25, 0.3) is 0 Å². The van der Waals surface area contributed by atoms with Gasteiger partial charge in [-0.3, -0.25) is 9.59 Å². The van der Waals surface area contributed by atoms with Crippen LogP contribution in [0.5, 0.6) is 6.01 Å². The van der Waals surface area contributed by atoms with E-state index in [2.05, 4.69) is 20.3 Å². The molecule has 2 aromatic heterocycles. The summed E-state index contributed by atoms with van der Waals surface area (Å²) >= 11 is 0. The van der Waals surface area contributed by atoms with E-state index in [1.54, 1.807) is 24.5 Å². The zero-order chi connectivity index (χ0) is 16.1. The molecule has 0 spiro atoms. The van der Waals surface area contributed by atoms with E-state index in [0.29, 0.717) is 11.6 Å². The number of nitrogens with one attached hydrogen (secondary N) is 2. The van der Waals surface area contributed by atoms with E-state index >= 15 is 0 Å². The fraction of sp³-hybridized carbons (Fsp3) is 0.375. The monoisotopic (exact) mass is 314 g/mol. The van der Waals surface area contributed by atoms with E-state index in [9.17, 15) is 9.59 Å². The third-order valence-electron chi connectivity index (χ3n) is 3.86. The number of H-pyrrole nitrogens is 1. The highest BCUT2D eigenvalue weighted by atomic mass is 16.5. The molecule has 23 heavy (non-hydrogen) atoms. The highest BCUT2D eigenvalue weighted by molar-refractivity contribution is 5.94. The molecule has 0 aliphatic heterocycles. The third kappa shape index (κ3) is 4.15.